The van der Waals surface area contributed by atoms with Crippen molar-refractivity contribution in [2.75, 3.05) is 26.2 Å². The summed E-state index contributed by atoms with van der Waals surface area (Å²) in [6, 6.07) is 19.8. The Hall–Kier alpha value is -4.37. The first-order valence-corrected chi connectivity index (χ1v) is 14.0. The maximum absolute atomic E-state index is 9.00. The van der Waals surface area contributed by atoms with Gasteiger partial charge in [0, 0.05) is 82.7 Å². The van der Waals surface area contributed by atoms with E-state index >= 15 is 0 Å². The number of nitrogens with one attached hydrogen (secondary N) is 4. The van der Waals surface area contributed by atoms with E-state index in [9.17, 15) is 0 Å². The van der Waals surface area contributed by atoms with Gasteiger partial charge in [0.15, 0.2) is 0 Å². The van der Waals surface area contributed by atoms with E-state index in [2.05, 4.69) is 91.4 Å². The summed E-state index contributed by atoms with van der Waals surface area (Å²) in [6.07, 6.45) is 4.32. The predicted molar refractivity (Wildman–Crippen MR) is 160 cm³/mol. The number of aromatic amines is 2. The van der Waals surface area contributed by atoms with E-state index in [-0.39, 0.29) is 0 Å². The molecule has 0 saturated carbocycles. The minimum Gasteiger partial charge on any atom is -0.481 e. The summed E-state index contributed by atoms with van der Waals surface area (Å²) in [5.41, 5.74) is 6.95. The summed E-state index contributed by atoms with van der Waals surface area (Å²) in [5.74, 6) is 1.17. The highest BCUT2D eigenvalue weighted by atomic mass is 32.1. The van der Waals surface area contributed by atoms with Crippen LogP contribution in [0.25, 0.3) is 42.8 Å². The Morgan fingerprint density at radius 3 is 2.15 bits per heavy atom. The molecule has 0 unspecified atom stereocenters. The third-order valence-electron chi connectivity index (χ3n) is 6.78. The number of benzene rings is 2. The lowest BCUT2D eigenvalue weighted by Crippen LogP contribution is -2.30. The summed E-state index contributed by atoms with van der Waals surface area (Å²) in [7, 11) is 0. The zero-order valence-corrected chi connectivity index (χ0v) is 22.5. The standard InChI is InChI=1S/C28H26N6S.C2H4O2/c1-9-29-27(30-10-1)18-4-3-17-13-24(34-22(17)14-18)26-8-7-25(35-26)21-16-33-23-15-19(5-6-20(21)23)28-31-11-2-12-32-28;1-2(3)4/h3-8,13-16,33-34H,1-2,9-12H2,(H,29,30)(H,31,32);1H3,(H,3,4). The number of aliphatic carboxylic acids is 1. The Labute approximate surface area is 229 Å². The molecule has 0 fully saturated rings. The van der Waals surface area contributed by atoms with E-state index in [0.717, 1.165) is 85.5 Å². The van der Waals surface area contributed by atoms with Crippen molar-refractivity contribution in [2.24, 2.45) is 9.98 Å². The molecule has 0 saturated heterocycles. The number of fused-ring (bicyclic) bond motifs is 2. The number of carbonyl (C=O) groups is 1. The van der Waals surface area contributed by atoms with Gasteiger partial charge in [0.25, 0.3) is 5.97 Å². The van der Waals surface area contributed by atoms with Crippen LogP contribution in [0.15, 0.2) is 70.8 Å². The second-order valence-electron chi connectivity index (χ2n) is 9.65. The van der Waals surface area contributed by atoms with Crippen molar-refractivity contribution in [3.05, 3.63) is 71.9 Å². The lowest BCUT2D eigenvalue weighted by atomic mass is 10.1. The molecule has 0 radical (unpaired) electrons. The molecule has 7 rings (SSSR count). The number of aliphatic imine (C=N–C) groups is 2. The Morgan fingerprint density at radius 1 is 0.846 bits per heavy atom. The number of amidine groups is 2. The number of hydrogen-bond donors (Lipinski definition) is 5. The van der Waals surface area contributed by atoms with Crippen molar-refractivity contribution >= 4 is 50.8 Å². The van der Waals surface area contributed by atoms with E-state index < -0.39 is 5.97 Å². The molecule has 9 heteroatoms. The molecule has 8 nitrogen and oxygen atoms in total. The van der Waals surface area contributed by atoms with Gasteiger partial charge in [-0.25, -0.2) is 0 Å². The maximum atomic E-state index is 9.00. The van der Waals surface area contributed by atoms with Crippen LogP contribution in [0.5, 0.6) is 0 Å². The van der Waals surface area contributed by atoms with Crippen molar-refractivity contribution in [1.29, 1.82) is 0 Å². The molecule has 198 valence electrons. The minimum atomic E-state index is -0.833. The van der Waals surface area contributed by atoms with Crippen LogP contribution < -0.4 is 10.6 Å². The second-order valence-corrected chi connectivity index (χ2v) is 10.7. The normalized spacial score (nSPS) is 15.1. The lowest BCUT2D eigenvalue weighted by molar-refractivity contribution is -0.134. The summed E-state index contributed by atoms with van der Waals surface area (Å²) in [5, 5.41) is 16.7. The van der Waals surface area contributed by atoms with Gasteiger partial charge in [0.1, 0.15) is 11.7 Å². The number of aromatic nitrogens is 2. The monoisotopic (exact) mass is 538 g/mol. The van der Waals surface area contributed by atoms with E-state index in [0.29, 0.717) is 0 Å². The van der Waals surface area contributed by atoms with E-state index in [1.165, 1.54) is 26.1 Å². The number of hydrogen-bond acceptors (Lipinski definition) is 6. The van der Waals surface area contributed by atoms with Crippen LogP contribution in [0.2, 0.25) is 0 Å². The molecule has 3 aromatic heterocycles. The minimum absolute atomic E-state index is 0.833. The molecule has 5 N–H and O–H groups in total. The zero-order valence-electron chi connectivity index (χ0n) is 21.7. The van der Waals surface area contributed by atoms with Gasteiger partial charge in [0.05, 0.1) is 10.6 Å². The smallest absolute Gasteiger partial charge is 0.300 e. The first-order valence-electron chi connectivity index (χ1n) is 13.2. The summed E-state index contributed by atoms with van der Waals surface area (Å²) in [6.45, 7) is 4.86. The van der Waals surface area contributed by atoms with Gasteiger partial charge in [-0.2, -0.15) is 0 Å². The van der Waals surface area contributed by atoms with Crippen molar-refractivity contribution in [3.63, 3.8) is 0 Å². The van der Waals surface area contributed by atoms with Crippen molar-refractivity contribution in [2.45, 2.75) is 19.8 Å². The fourth-order valence-corrected chi connectivity index (χ4v) is 5.97. The highest BCUT2D eigenvalue weighted by Crippen LogP contribution is 2.38. The molecule has 0 amide bonds. The average Bonchev–Trinajstić information content (AvgIpc) is 3.71. The molecular weight excluding hydrogens is 508 g/mol. The first-order chi connectivity index (χ1) is 19.0. The summed E-state index contributed by atoms with van der Waals surface area (Å²) >= 11 is 1.81. The molecule has 0 spiro atoms. The topological polar surface area (TPSA) is 118 Å². The molecule has 2 aromatic carbocycles. The van der Waals surface area contributed by atoms with Crippen LogP contribution in [0.1, 0.15) is 30.9 Å². The maximum Gasteiger partial charge on any atom is 0.300 e. The zero-order chi connectivity index (χ0) is 26.8. The quantitative estimate of drug-likeness (QED) is 0.204. The lowest BCUT2D eigenvalue weighted by Gasteiger charge is -2.14. The van der Waals surface area contributed by atoms with Gasteiger partial charge in [-0.05, 0) is 43.2 Å². The van der Waals surface area contributed by atoms with Crippen LogP contribution in [-0.4, -0.2) is 58.9 Å². The third-order valence-corrected chi connectivity index (χ3v) is 7.93. The van der Waals surface area contributed by atoms with Crippen molar-refractivity contribution in [3.8, 4) is 21.0 Å². The Balaban J connectivity index is 0.000000650. The Morgan fingerprint density at radius 2 is 1.49 bits per heavy atom. The molecule has 5 heterocycles. The highest BCUT2D eigenvalue weighted by Gasteiger charge is 2.14. The fourth-order valence-electron chi connectivity index (χ4n) is 4.96. The Kier molecular flexibility index (Phi) is 6.89. The first kappa shape index (κ1) is 24.9. The Bertz CT molecular complexity index is 1720. The number of H-pyrrole nitrogens is 2. The number of carboxylic acid groups (broad SMARTS) is 1. The largest absolute Gasteiger partial charge is 0.481 e. The molecule has 5 aromatic rings. The fraction of sp³-hybridized carbons (Fsp3) is 0.233. The van der Waals surface area contributed by atoms with Gasteiger partial charge in [-0.1, -0.05) is 24.3 Å². The number of thiophene rings is 1. The molecule has 0 aliphatic carbocycles. The molecule has 2 aliphatic rings. The van der Waals surface area contributed by atoms with E-state index in [1.54, 1.807) is 0 Å². The van der Waals surface area contributed by atoms with Crippen LogP contribution >= 0.6 is 11.3 Å². The molecule has 0 bridgehead atoms. The van der Waals surface area contributed by atoms with E-state index in [1.807, 2.05) is 11.3 Å². The SMILES string of the molecule is CC(=O)O.c1cc2cc(-c3ccc(-c4c[nH]c5cc(C6=NCCCN6)ccc45)s3)[nH]c2cc1C1=NCCCN1. The van der Waals surface area contributed by atoms with Crippen molar-refractivity contribution < 1.29 is 9.90 Å². The van der Waals surface area contributed by atoms with Crippen LogP contribution in [0.3, 0.4) is 0 Å². The number of nitrogens with zero attached hydrogens (tertiary/aromatic N) is 2. The molecular formula is C30H30N6O2S. The number of rotatable bonds is 4. The molecule has 0 atom stereocenters. The highest BCUT2D eigenvalue weighted by molar-refractivity contribution is 7.18. The average molecular weight is 539 g/mol. The van der Waals surface area contributed by atoms with Gasteiger partial charge >= 0.3 is 0 Å². The summed E-state index contributed by atoms with van der Waals surface area (Å²) in [4.78, 5) is 27.9. The molecule has 39 heavy (non-hydrogen) atoms. The van der Waals surface area contributed by atoms with Crippen LogP contribution in [0, 0.1) is 0 Å². The predicted octanol–water partition coefficient (Wildman–Crippen LogP) is 5.62. The van der Waals surface area contributed by atoms with Crippen LogP contribution in [0.4, 0.5) is 0 Å². The molecule has 2 aliphatic heterocycles. The van der Waals surface area contributed by atoms with Crippen molar-refractivity contribution in [1.82, 2.24) is 20.6 Å². The van der Waals surface area contributed by atoms with Crippen LogP contribution in [-0.2, 0) is 4.79 Å². The second kappa shape index (κ2) is 10.8. The summed E-state index contributed by atoms with van der Waals surface area (Å²) < 4.78 is 0. The van der Waals surface area contributed by atoms with Gasteiger partial charge < -0.3 is 25.7 Å². The van der Waals surface area contributed by atoms with Gasteiger partial charge in [-0.15, -0.1) is 11.3 Å². The van der Waals surface area contributed by atoms with Gasteiger partial charge in [0.2, 0.25) is 0 Å². The number of carboxylic acids is 1. The third kappa shape index (κ3) is 5.31. The van der Waals surface area contributed by atoms with Gasteiger partial charge in [-0.3, -0.25) is 14.8 Å². The van der Waals surface area contributed by atoms with E-state index in [4.69, 9.17) is 9.90 Å².